The molecule has 0 aliphatic carbocycles. The van der Waals surface area contributed by atoms with Crippen LogP contribution in [0.4, 0.5) is 14.6 Å². The maximum Gasteiger partial charge on any atom is 0.153 e. The van der Waals surface area contributed by atoms with Gasteiger partial charge in [-0.05, 0) is 24.1 Å². The van der Waals surface area contributed by atoms with Crippen molar-refractivity contribution in [3.05, 3.63) is 35.5 Å². The molecule has 0 fully saturated rings. The van der Waals surface area contributed by atoms with Gasteiger partial charge in [0.15, 0.2) is 5.82 Å². The van der Waals surface area contributed by atoms with Crippen molar-refractivity contribution < 1.29 is 8.78 Å². The van der Waals surface area contributed by atoms with Gasteiger partial charge < -0.3 is 5.73 Å². The molecule has 2 aromatic rings. The summed E-state index contributed by atoms with van der Waals surface area (Å²) < 4.78 is 26.3. The average Bonchev–Trinajstić information content (AvgIpc) is 2.59. The summed E-state index contributed by atoms with van der Waals surface area (Å²) in [5.74, 6) is -0.982. The van der Waals surface area contributed by atoms with Gasteiger partial charge in [0.1, 0.15) is 11.6 Å². The van der Waals surface area contributed by atoms with Crippen molar-refractivity contribution in [2.75, 3.05) is 5.73 Å². The molecule has 1 aromatic heterocycles. The third-order valence-electron chi connectivity index (χ3n) is 2.52. The molecule has 0 aliphatic heterocycles. The Balaban J connectivity index is 2.54. The molecule has 0 spiro atoms. The van der Waals surface area contributed by atoms with Crippen molar-refractivity contribution in [2.24, 2.45) is 0 Å². The van der Waals surface area contributed by atoms with Crippen molar-refractivity contribution >= 4 is 5.82 Å². The highest BCUT2D eigenvalue weighted by Crippen LogP contribution is 2.29. The minimum atomic E-state index is -0.622. The number of rotatable bonds is 3. The Kier molecular flexibility index (Phi) is 3.08. The summed E-state index contributed by atoms with van der Waals surface area (Å²) in [5, 5.41) is 6.67. The summed E-state index contributed by atoms with van der Waals surface area (Å²) in [6, 6.07) is 3.34. The van der Waals surface area contributed by atoms with E-state index < -0.39 is 11.6 Å². The SMILES string of the molecule is CCCc1[nH]nc(N)c1-c1cc(F)cc(F)c1. The molecule has 0 bridgehead atoms. The van der Waals surface area contributed by atoms with Crippen LogP contribution in [0.25, 0.3) is 11.1 Å². The summed E-state index contributed by atoms with van der Waals surface area (Å²) in [6.45, 7) is 2.01. The molecule has 0 aliphatic rings. The Morgan fingerprint density at radius 2 is 1.88 bits per heavy atom. The molecule has 90 valence electrons. The second-order valence-corrected chi connectivity index (χ2v) is 3.87. The number of nitrogen functional groups attached to an aromatic ring is 1. The molecule has 3 nitrogen and oxygen atoms in total. The van der Waals surface area contributed by atoms with Gasteiger partial charge in [-0.3, -0.25) is 5.10 Å². The van der Waals surface area contributed by atoms with E-state index in [0.717, 1.165) is 24.6 Å². The van der Waals surface area contributed by atoms with Gasteiger partial charge in [-0.2, -0.15) is 5.10 Å². The fourth-order valence-corrected chi connectivity index (χ4v) is 1.85. The highest BCUT2D eigenvalue weighted by Gasteiger charge is 2.14. The van der Waals surface area contributed by atoms with Crippen LogP contribution >= 0.6 is 0 Å². The normalized spacial score (nSPS) is 10.8. The van der Waals surface area contributed by atoms with Crippen LogP contribution in [0, 0.1) is 11.6 Å². The predicted molar refractivity (Wildman–Crippen MR) is 62.3 cm³/mol. The number of nitrogens with one attached hydrogen (secondary N) is 1. The van der Waals surface area contributed by atoms with Gasteiger partial charge in [0.25, 0.3) is 0 Å². The van der Waals surface area contributed by atoms with Crippen molar-refractivity contribution in [1.29, 1.82) is 0 Å². The molecule has 2 rings (SSSR count). The molecule has 0 amide bonds. The van der Waals surface area contributed by atoms with Crippen LogP contribution < -0.4 is 5.73 Å². The second-order valence-electron chi connectivity index (χ2n) is 3.87. The zero-order valence-corrected chi connectivity index (χ0v) is 9.43. The largest absolute Gasteiger partial charge is 0.382 e. The van der Waals surface area contributed by atoms with Gasteiger partial charge in [0, 0.05) is 17.3 Å². The number of hydrogen-bond acceptors (Lipinski definition) is 2. The van der Waals surface area contributed by atoms with E-state index in [1.165, 1.54) is 12.1 Å². The van der Waals surface area contributed by atoms with Crippen molar-refractivity contribution in [3.63, 3.8) is 0 Å². The van der Waals surface area contributed by atoms with E-state index in [9.17, 15) is 8.78 Å². The number of halogens is 2. The fourth-order valence-electron chi connectivity index (χ4n) is 1.85. The van der Waals surface area contributed by atoms with Crippen LogP contribution in [0.15, 0.2) is 18.2 Å². The molecule has 3 N–H and O–H groups in total. The van der Waals surface area contributed by atoms with Crippen LogP contribution in [-0.2, 0) is 6.42 Å². The van der Waals surface area contributed by atoms with E-state index in [-0.39, 0.29) is 5.82 Å². The van der Waals surface area contributed by atoms with E-state index in [1.54, 1.807) is 0 Å². The molecule has 0 saturated carbocycles. The van der Waals surface area contributed by atoms with Crippen molar-refractivity contribution in [1.82, 2.24) is 10.2 Å². The number of H-pyrrole nitrogens is 1. The first-order chi connectivity index (χ1) is 8.11. The number of aromatic amines is 1. The van der Waals surface area contributed by atoms with E-state index in [2.05, 4.69) is 10.2 Å². The molecule has 1 aromatic carbocycles. The number of nitrogens with zero attached hydrogens (tertiary/aromatic N) is 1. The monoisotopic (exact) mass is 237 g/mol. The molecule has 0 radical (unpaired) electrons. The number of nitrogens with two attached hydrogens (primary N) is 1. The van der Waals surface area contributed by atoms with Crippen LogP contribution in [0.5, 0.6) is 0 Å². The lowest BCUT2D eigenvalue weighted by Crippen LogP contribution is -1.92. The third-order valence-corrected chi connectivity index (χ3v) is 2.52. The van der Waals surface area contributed by atoms with Gasteiger partial charge in [-0.1, -0.05) is 13.3 Å². The first kappa shape index (κ1) is 11.6. The number of aromatic nitrogens is 2. The quantitative estimate of drug-likeness (QED) is 0.862. The molecule has 0 saturated heterocycles. The van der Waals surface area contributed by atoms with Crippen molar-refractivity contribution in [2.45, 2.75) is 19.8 Å². The summed E-state index contributed by atoms with van der Waals surface area (Å²) in [4.78, 5) is 0. The van der Waals surface area contributed by atoms with E-state index in [0.29, 0.717) is 11.1 Å². The average molecular weight is 237 g/mol. The first-order valence-electron chi connectivity index (χ1n) is 5.41. The Labute approximate surface area is 97.7 Å². The lowest BCUT2D eigenvalue weighted by molar-refractivity contribution is 0.584. The lowest BCUT2D eigenvalue weighted by Gasteiger charge is -2.04. The zero-order chi connectivity index (χ0) is 12.4. The third kappa shape index (κ3) is 2.27. The second kappa shape index (κ2) is 4.53. The van der Waals surface area contributed by atoms with Crippen LogP contribution in [0.2, 0.25) is 0 Å². The highest BCUT2D eigenvalue weighted by molar-refractivity contribution is 5.76. The standard InChI is InChI=1S/C12H13F2N3/c1-2-3-10-11(12(15)17-16-10)7-4-8(13)6-9(14)5-7/h4-6H,2-3H2,1H3,(H3,15,16,17). The van der Waals surface area contributed by atoms with E-state index in [1.807, 2.05) is 6.92 Å². The topological polar surface area (TPSA) is 54.7 Å². The Hall–Kier alpha value is -1.91. The number of aryl methyl sites for hydroxylation is 1. The predicted octanol–water partition coefficient (Wildman–Crippen LogP) is 2.89. The van der Waals surface area contributed by atoms with Crippen LogP contribution in [0.1, 0.15) is 19.0 Å². The number of anilines is 1. The minimum Gasteiger partial charge on any atom is -0.382 e. The Morgan fingerprint density at radius 3 is 2.47 bits per heavy atom. The first-order valence-corrected chi connectivity index (χ1v) is 5.41. The summed E-state index contributed by atoms with van der Waals surface area (Å²) in [6.07, 6.45) is 1.63. The molecule has 0 atom stereocenters. The summed E-state index contributed by atoms with van der Waals surface area (Å²) in [7, 11) is 0. The smallest absolute Gasteiger partial charge is 0.153 e. The van der Waals surface area contributed by atoms with Gasteiger partial charge in [-0.25, -0.2) is 8.78 Å². The zero-order valence-electron chi connectivity index (χ0n) is 9.43. The molecule has 0 unspecified atom stereocenters. The molecule has 17 heavy (non-hydrogen) atoms. The highest BCUT2D eigenvalue weighted by atomic mass is 19.1. The van der Waals surface area contributed by atoms with E-state index >= 15 is 0 Å². The van der Waals surface area contributed by atoms with Crippen molar-refractivity contribution in [3.8, 4) is 11.1 Å². The van der Waals surface area contributed by atoms with Gasteiger partial charge in [0.05, 0.1) is 0 Å². The van der Waals surface area contributed by atoms with E-state index in [4.69, 9.17) is 5.73 Å². The maximum atomic E-state index is 13.2. The van der Waals surface area contributed by atoms with Gasteiger partial charge in [0.2, 0.25) is 0 Å². The lowest BCUT2D eigenvalue weighted by atomic mass is 10.0. The maximum absolute atomic E-state index is 13.2. The molecular weight excluding hydrogens is 224 g/mol. The summed E-state index contributed by atoms with van der Waals surface area (Å²) in [5.41, 5.74) is 7.52. The molecule has 5 heteroatoms. The molecular formula is C12H13F2N3. The van der Waals surface area contributed by atoms with Crippen LogP contribution in [-0.4, -0.2) is 10.2 Å². The Bertz CT molecular complexity index is 514. The number of hydrogen-bond donors (Lipinski definition) is 2. The molecule has 1 heterocycles. The van der Waals surface area contributed by atoms with Gasteiger partial charge in [-0.15, -0.1) is 0 Å². The fraction of sp³-hybridized carbons (Fsp3) is 0.250. The van der Waals surface area contributed by atoms with Crippen LogP contribution in [0.3, 0.4) is 0 Å². The Morgan fingerprint density at radius 1 is 1.24 bits per heavy atom. The van der Waals surface area contributed by atoms with Gasteiger partial charge >= 0.3 is 0 Å². The summed E-state index contributed by atoms with van der Waals surface area (Å²) >= 11 is 0. The minimum absolute atomic E-state index is 0.262. The number of benzene rings is 1.